The molecule has 0 heterocycles. The molecule has 0 N–H and O–H groups in total. The molecular formula is C2H2F6Ni. The maximum absolute atomic E-state index is 9.67. The largest absolute Gasteiger partial charge is 0.379 e. The maximum Gasteiger partial charge on any atom is 0.379 e. The van der Waals surface area contributed by atoms with E-state index in [9.17, 15) is 26.3 Å². The second kappa shape index (κ2) is 11.0. The predicted molar refractivity (Wildman–Crippen MR) is 14.2 cm³/mol. The summed E-state index contributed by atoms with van der Waals surface area (Å²) < 4.78 is 58.0. The fourth-order valence-corrected chi connectivity index (χ4v) is 0. The van der Waals surface area contributed by atoms with Crippen molar-refractivity contribution < 1.29 is 42.8 Å². The Morgan fingerprint density at radius 1 is 0.556 bits per heavy atom. The van der Waals surface area contributed by atoms with Gasteiger partial charge < -0.3 is 0 Å². The van der Waals surface area contributed by atoms with Gasteiger partial charge >= 0.3 is 13.4 Å². The van der Waals surface area contributed by atoms with Gasteiger partial charge in [-0.05, 0) is 0 Å². The first-order chi connectivity index (χ1) is 3.46. The van der Waals surface area contributed by atoms with Gasteiger partial charge in [-0.15, -0.1) is 0 Å². The van der Waals surface area contributed by atoms with Crippen LogP contribution in [0.1, 0.15) is 0 Å². The summed E-state index contributed by atoms with van der Waals surface area (Å²) in [5.41, 5.74) is 0. The zero-order valence-corrected chi connectivity index (χ0v) is 4.73. The molecule has 0 aliphatic carbocycles. The van der Waals surface area contributed by atoms with Gasteiger partial charge in [0.05, 0.1) is 0 Å². The summed E-state index contributed by atoms with van der Waals surface area (Å²) in [4.78, 5) is 0. The van der Waals surface area contributed by atoms with E-state index in [2.05, 4.69) is 0 Å². The molecule has 0 amide bonds. The Balaban J connectivity index is -0.0000000720. The second-order valence-corrected chi connectivity index (χ2v) is 0.495. The molecule has 0 atom stereocenters. The molecule has 0 aliphatic heterocycles. The number of hydrogen-bond acceptors (Lipinski definition) is 0. The molecule has 0 unspecified atom stereocenters. The molecule has 0 aromatic carbocycles. The molecule has 0 saturated heterocycles. The summed E-state index contributed by atoms with van der Waals surface area (Å²) in [5.74, 6) is 0. The third-order valence-electron chi connectivity index (χ3n) is 0. The average molecular weight is 199 g/mol. The first-order valence-electron chi connectivity index (χ1n) is 1.31. The van der Waals surface area contributed by atoms with Gasteiger partial charge in [0.2, 0.25) is 0 Å². The van der Waals surface area contributed by atoms with Crippen molar-refractivity contribution in [3.63, 3.8) is 0 Å². The molecule has 0 saturated carbocycles. The Kier molecular flexibility index (Phi) is 19.5. The van der Waals surface area contributed by atoms with Gasteiger partial charge in [-0.2, -0.15) is 26.3 Å². The third kappa shape index (κ3) is 55100. The Morgan fingerprint density at radius 3 is 0.556 bits per heavy atom. The van der Waals surface area contributed by atoms with E-state index in [0.29, 0.717) is 0 Å². The Morgan fingerprint density at radius 2 is 0.556 bits per heavy atom. The van der Waals surface area contributed by atoms with E-state index in [-0.39, 0.29) is 16.5 Å². The average Bonchev–Trinajstić information content (AvgIpc) is 1.25. The summed E-state index contributed by atoms with van der Waals surface area (Å²) in [7, 11) is 0. The molecule has 0 aromatic heterocycles. The molecule has 9 heavy (non-hydrogen) atoms. The van der Waals surface area contributed by atoms with Crippen LogP contribution in [0, 0.1) is 0 Å². The molecule has 62 valence electrons. The van der Waals surface area contributed by atoms with Crippen molar-refractivity contribution in [2.75, 3.05) is 0 Å². The Hall–Kier alpha value is 0.0735. The molecule has 7 heteroatoms. The molecule has 0 nitrogen and oxygen atoms in total. The van der Waals surface area contributed by atoms with Gasteiger partial charge in [0.1, 0.15) is 0 Å². The van der Waals surface area contributed by atoms with Crippen LogP contribution in [0.4, 0.5) is 26.3 Å². The van der Waals surface area contributed by atoms with Gasteiger partial charge in [-0.1, -0.05) is 0 Å². The van der Waals surface area contributed by atoms with E-state index < -0.39 is 13.4 Å². The van der Waals surface area contributed by atoms with Crippen molar-refractivity contribution in [3.05, 3.63) is 0 Å². The van der Waals surface area contributed by atoms with E-state index >= 15 is 0 Å². The van der Waals surface area contributed by atoms with Crippen LogP contribution >= 0.6 is 0 Å². The van der Waals surface area contributed by atoms with Crippen LogP contribution in [0.3, 0.4) is 0 Å². The number of halogens is 6. The zero-order chi connectivity index (χ0) is 7.15. The van der Waals surface area contributed by atoms with Crippen LogP contribution in [-0.4, -0.2) is 13.4 Å². The van der Waals surface area contributed by atoms with E-state index in [1.54, 1.807) is 0 Å². The minimum atomic E-state index is -3.67. The quantitative estimate of drug-likeness (QED) is 0.414. The minimum Gasteiger partial charge on any atom is -0.174 e. The van der Waals surface area contributed by atoms with Crippen molar-refractivity contribution in [2.24, 2.45) is 0 Å². The van der Waals surface area contributed by atoms with Gasteiger partial charge in [-0.25, -0.2) is 0 Å². The predicted octanol–water partition coefficient (Wildman–Crippen LogP) is 2.35. The minimum absolute atomic E-state index is 0. The first-order valence-corrected chi connectivity index (χ1v) is 1.31. The fourth-order valence-electron chi connectivity index (χ4n) is 0. The monoisotopic (exact) mass is 198 g/mol. The topological polar surface area (TPSA) is 0 Å². The normalized spacial score (nSPS) is 8.00. The molecule has 0 spiro atoms. The SMILES string of the molecule is FC(F)F.FC(F)F.[Ni]. The van der Waals surface area contributed by atoms with Gasteiger partial charge in [0, 0.05) is 16.5 Å². The smallest absolute Gasteiger partial charge is 0.174 e. The zero-order valence-electron chi connectivity index (χ0n) is 3.74. The molecule has 0 fully saturated rings. The molecule has 0 radical (unpaired) electrons. The summed E-state index contributed by atoms with van der Waals surface area (Å²) in [6.07, 6.45) is 0. The van der Waals surface area contributed by atoms with E-state index in [1.807, 2.05) is 0 Å². The van der Waals surface area contributed by atoms with Crippen molar-refractivity contribution in [2.45, 2.75) is 13.4 Å². The van der Waals surface area contributed by atoms with Crippen molar-refractivity contribution in [3.8, 4) is 0 Å². The number of alkyl halides is 6. The van der Waals surface area contributed by atoms with Gasteiger partial charge in [0.15, 0.2) is 0 Å². The van der Waals surface area contributed by atoms with Crippen molar-refractivity contribution >= 4 is 0 Å². The Bertz CT molecular complexity index is 26.5. The standard InChI is InChI=1S/2CHF3.Ni/c2*2-1(3)4;/h2*1H;. The fraction of sp³-hybridized carbons (Fsp3) is 1.00. The first kappa shape index (κ1) is 16.0. The molecular weight excluding hydrogens is 197 g/mol. The molecule has 0 bridgehead atoms. The van der Waals surface area contributed by atoms with Crippen LogP contribution in [-0.2, 0) is 16.5 Å². The summed E-state index contributed by atoms with van der Waals surface area (Å²) in [6, 6.07) is 0. The van der Waals surface area contributed by atoms with E-state index in [4.69, 9.17) is 0 Å². The molecule has 0 aliphatic rings. The number of rotatable bonds is 0. The van der Waals surface area contributed by atoms with Gasteiger partial charge in [0.25, 0.3) is 0 Å². The second-order valence-electron chi connectivity index (χ2n) is 0.495. The summed E-state index contributed by atoms with van der Waals surface area (Å²) in [6.45, 7) is -7.33. The van der Waals surface area contributed by atoms with Crippen LogP contribution in [0.5, 0.6) is 0 Å². The van der Waals surface area contributed by atoms with Crippen LogP contribution in [0.25, 0.3) is 0 Å². The van der Waals surface area contributed by atoms with Crippen LogP contribution in [0.2, 0.25) is 0 Å². The maximum atomic E-state index is 9.67. The van der Waals surface area contributed by atoms with Crippen molar-refractivity contribution in [1.82, 2.24) is 0 Å². The third-order valence-corrected chi connectivity index (χ3v) is 0. The number of hydrogen-bond donors (Lipinski definition) is 0. The molecule has 0 rings (SSSR count). The summed E-state index contributed by atoms with van der Waals surface area (Å²) >= 11 is 0. The van der Waals surface area contributed by atoms with Gasteiger partial charge in [-0.3, -0.25) is 0 Å². The summed E-state index contributed by atoms with van der Waals surface area (Å²) in [5, 5.41) is 0. The van der Waals surface area contributed by atoms with E-state index in [0.717, 1.165) is 0 Å². The van der Waals surface area contributed by atoms with Crippen LogP contribution < -0.4 is 0 Å². The van der Waals surface area contributed by atoms with Crippen LogP contribution in [0.15, 0.2) is 0 Å². The van der Waals surface area contributed by atoms with E-state index in [1.165, 1.54) is 0 Å². The Labute approximate surface area is 57.1 Å². The molecule has 0 aromatic rings. The van der Waals surface area contributed by atoms with Crippen molar-refractivity contribution in [1.29, 1.82) is 0 Å².